The average Bonchev–Trinajstić information content (AvgIpc) is 2.89. The van der Waals surface area contributed by atoms with E-state index in [1.807, 2.05) is 12.3 Å². The van der Waals surface area contributed by atoms with Gasteiger partial charge < -0.3 is 5.73 Å². The molecule has 0 spiro atoms. The van der Waals surface area contributed by atoms with Crippen molar-refractivity contribution in [2.45, 2.75) is 26.2 Å². The maximum absolute atomic E-state index is 5.71. The van der Waals surface area contributed by atoms with Crippen molar-refractivity contribution in [3.05, 3.63) is 46.4 Å². The van der Waals surface area contributed by atoms with E-state index in [0.717, 1.165) is 28.0 Å². The lowest BCUT2D eigenvalue weighted by Crippen LogP contribution is -2.04. The van der Waals surface area contributed by atoms with Crippen LogP contribution in [-0.4, -0.2) is 16.5 Å². The third-order valence-corrected chi connectivity index (χ3v) is 4.89. The molecule has 0 fully saturated rings. The van der Waals surface area contributed by atoms with Gasteiger partial charge in [0, 0.05) is 22.0 Å². The Kier molecular flexibility index (Phi) is 3.99. The number of thiazole rings is 1. The van der Waals surface area contributed by atoms with Crippen LogP contribution in [0.15, 0.2) is 36.5 Å². The Labute approximate surface area is 128 Å². The van der Waals surface area contributed by atoms with E-state index in [9.17, 15) is 0 Å². The normalized spacial score (nSPS) is 12.7. The number of nitrogens with two attached hydrogens (primary N) is 1. The molecule has 0 aliphatic carbocycles. The zero-order valence-electron chi connectivity index (χ0n) is 12.3. The highest BCUT2D eigenvalue weighted by Gasteiger charge is 2.17. The lowest BCUT2D eigenvalue weighted by Gasteiger charge is -2.10. The number of hydrogen-bond acceptors (Lipinski definition) is 4. The van der Waals surface area contributed by atoms with E-state index in [0.29, 0.717) is 12.5 Å². The smallest absolute Gasteiger partial charge is 0.0904 e. The molecular weight excluding hydrogens is 278 g/mol. The van der Waals surface area contributed by atoms with Gasteiger partial charge in [-0.2, -0.15) is 0 Å². The predicted octanol–water partition coefficient (Wildman–Crippen LogP) is 4.12. The monoisotopic (exact) mass is 297 g/mol. The van der Waals surface area contributed by atoms with Gasteiger partial charge in [-0.3, -0.25) is 4.98 Å². The molecule has 3 rings (SSSR count). The lowest BCUT2D eigenvalue weighted by atomic mass is 10.00. The number of aromatic nitrogens is 2. The topological polar surface area (TPSA) is 51.8 Å². The predicted molar refractivity (Wildman–Crippen MR) is 89.7 cm³/mol. The second kappa shape index (κ2) is 5.92. The van der Waals surface area contributed by atoms with Crippen LogP contribution in [-0.2, 0) is 0 Å². The molecule has 108 valence electrons. The van der Waals surface area contributed by atoms with Crippen LogP contribution in [0.25, 0.3) is 22.2 Å². The molecule has 1 atom stereocenters. The molecule has 0 saturated heterocycles. The van der Waals surface area contributed by atoms with Crippen LogP contribution >= 0.6 is 11.3 Å². The molecule has 2 heterocycles. The number of aryl methyl sites for hydroxylation is 1. The third kappa shape index (κ3) is 2.82. The molecule has 0 aliphatic heterocycles. The van der Waals surface area contributed by atoms with Crippen molar-refractivity contribution in [1.82, 2.24) is 9.97 Å². The number of fused-ring (bicyclic) bond motifs is 1. The van der Waals surface area contributed by atoms with Gasteiger partial charge in [-0.15, -0.1) is 11.3 Å². The second-order valence-electron chi connectivity index (χ2n) is 5.34. The molecule has 0 saturated carbocycles. The van der Waals surface area contributed by atoms with Crippen molar-refractivity contribution < 1.29 is 0 Å². The highest BCUT2D eigenvalue weighted by atomic mass is 32.1. The molecule has 3 nitrogen and oxygen atoms in total. The van der Waals surface area contributed by atoms with Gasteiger partial charge in [-0.05, 0) is 44.0 Å². The number of nitrogens with zero attached hydrogens (tertiary/aromatic N) is 2. The molecule has 2 N–H and O–H groups in total. The van der Waals surface area contributed by atoms with Gasteiger partial charge in [0.05, 0.1) is 16.2 Å². The quantitative estimate of drug-likeness (QED) is 0.788. The Bertz CT molecular complexity index is 764. The van der Waals surface area contributed by atoms with Crippen molar-refractivity contribution >= 4 is 22.2 Å². The van der Waals surface area contributed by atoms with Crippen molar-refractivity contribution in [3.8, 4) is 11.3 Å². The van der Waals surface area contributed by atoms with Gasteiger partial charge in [-0.1, -0.05) is 19.1 Å². The van der Waals surface area contributed by atoms with E-state index in [2.05, 4.69) is 43.1 Å². The van der Waals surface area contributed by atoms with Crippen molar-refractivity contribution in [3.63, 3.8) is 0 Å². The SMILES string of the molecule is Cc1nc(-c2ccc3ncccc3c2)c(C(C)CCN)s1. The van der Waals surface area contributed by atoms with Crippen LogP contribution in [0.3, 0.4) is 0 Å². The van der Waals surface area contributed by atoms with Crippen molar-refractivity contribution in [2.24, 2.45) is 5.73 Å². The first kappa shape index (κ1) is 14.2. The van der Waals surface area contributed by atoms with Gasteiger partial charge in [0.1, 0.15) is 0 Å². The zero-order valence-corrected chi connectivity index (χ0v) is 13.2. The lowest BCUT2D eigenvalue weighted by molar-refractivity contribution is 0.701. The summed E-state index contributed by atoms with van der Waals surface area (Å²) < 4.78 is 0. The molecular formula is C17H19N3S. The van der Waals surface area contributed by atoms with Gasteiger partial charge in [0.25, 0.3) is 0 Å². The minimum atomic E-state index is 0.445. The summed E-state index contributed by atoms with van der Waals surface area (Å²) in [7, 11) is 0. The van der Waals surface area contributed by atoms with Crippen LogP contribution in [0.4, 0.5) is 0 Å². The minimum absolute atomic E-state index is 0.445. The fraction of sp³-hybridized carbons (Fsp3) is 0.294. The average molecular weight is 297 g/mol. The highest BCUT2D eigenvalue weighted by Crippen LogP contribution is 2.35. The minimum Gasteiger partial charge on any atom is -0.330 e. The van der Waals surface area contributed by atoms with Gasteiger partial charge in [0.2, 0.25) is 0 Å². The summed E-state index contributed by atoms with van der Waals surface area (Å²) >= 11 is 1.78. The number of benzene rings is 1. The largest absolute Gasteiger partial charge is 0.330 e. The summed E-state index contributed by atoms with van der Waals surface area (Å²) in [6, 6.07) is 10.4. The summed E-state index contributed by atoms with van der Waals surface area (Å²) in [5.74, 6) is 0.445. The van der Waals surface area contributed by atoms with Crippen LogP contribution in [0.2, 0.25) is 0 Å². The molecule has 1 unspecified atom stereocenters. The first-order chi connectivity index (χ1) is 10.2. The van der Waals surface area contributed by atoms with Gasteiger partial charge in [-0.25, -0.2) is 4.98 Å². The summed E-state index contributed by atoms with van der Waals surface area (Å²) in [6.07, 6.45) is 2.81. The molecule has 0 bridgehead atoms. The van der Waals surface area contributed by atoms with Crippen LogP contribution in [0.1, 0.15) is 29.1 Å². The van der Waals surface area contributed by atoms with Gasteiger partial charge >= 0.3 is 0 Å². The van der Waals surface area contributed by atoms with Crippen molar-refractivity contribution in [2.75, 3.05) is 6.54 Å². The summed E-state index contributed by atoms with van der Waals surface area (Å²) in [5, 5.41) is 2.26. The molecule has 1 aromatic carbocycles. The Morgan fingerprint density at radius 1 is 1.29 bits per heavy atom. The maximum atomic E-state index is 5.71. The Balaban J connectivity index is 2.09. The molecule has 4 heteroatoms. The third-order valence-electron chi connectivity index (χ3n) is 3.68. The highest BCUT2D eigenvalue weighted by molar-refractivity contribution is 7.12. The summed E-state index contributed by atoms with van der Waals surface area (Å²) in [5.41, 5.74) is 9.00. The number of pyridine rings is 1. The van der Waals surface area contributed by atoms with Crippen LogP contribution in [0.5, 0.6) is 0 Å². The Hall–Kier alpha value is -1.78. The van der Waals surface area contributed by atoms with Crippen LogP contribution < -0.4 is 5.73 Å². The van der Waals surface area contributed by atoms with E-state index < -0.39 is 0 Å². The number of hydrogen-bond donors (Lipinski definition) is 1. The van der Waals surface area contributed by atoms with E-state index in [4.69, 9.17) is 10.7 Å². The standard InChI is InChI=1S/C17H19N3S/c1-11(7-8-18)17-16(20-12(2)21-17)14-5-6-15-13(10-14)4-3-9-19-15/h3-6,9-11H,7-8,18H2,1-2H3. The molecule has 3 aromatic rings. The number of rotatable bonds is 4. The maximum Gasteiger partial charge on any atom is 0.0904 e. The molecule has 0 aliphatic rings. The fourth-order valence-corrected chi connectivity index (χ4v) is 3.62. The first-order valence-electron chi connectivity index (χ1n) is 7.21. The molecule has 0 radical (unpaired) electrons. The van der Waals surface area contributed by atoms with E-state index in [1.165, 1.54) is 10.4 Å². The van der Waals surface area contributed by atoms with Gasteiger partial charge in [0.15, 0.2) is 0 Å². The Morgan fingerprint density at radius 3 is 2.95 bits per heavy atom. The van der Waals surface area contributed by atoms with E-state index in [1.54, 1.807) is 11.3 Å². The van der Waals surface area contributed by atoms with E-state index >= 15 is 0 Å². The Morgan fingerprint density at radius 2 is 2.14 bits per heavy atom. The van der Waals surface area contributed by atoms with E-state index in [-0.39, 0.29) is 0 Å². The van der Waals surface area contributed by atoms with Crippen molar-refractivity contribution in [1.29, 1.82) is 0 Å². The first-order valence-corrected chi connectivity index (χ1v) is 8.03. The molecule has 0 amide bonds. The zero-order chi connectivity index (χ0) is 14.8. The summed E-state index contributed by atoms with van der Waals surface area (Å²) in [6.45, 7) is 5.00. The summed E-state index contributed by atoms with van der Waals surface area (Å²) in [4.78, 5) is 10.5. The fourth-order valence-electron chi connectivity index (χ4n) is 2.59. The molecule has 21 heavy (non-hydrogen) atoms. The molecule has 2 aromatic heterocycles. The second-order valence-corrected chi connectivity index (χ2v) is 6.57. The van der Waals surface area contributed by atoms with Crippen LogP contribution in [0, 0.1) is 6.92 Å².